The second-order valence-corrected chi connectivity index (χ2v) is 5.34. The Balaban J connectivity index is 1.85. The molecule has 25 heavy (non-hydrogen) atoms. The van der Waals surface area contributed by atoms with Gasteiger partial charge in [-0.2, -0.15) is 5.10 Å². The molecule has 0 atom stereocenters. The number of nitrogen functional groups attached to an aromatic ring is 1. The van der Waals surface area contributed by atoms with E-state index >= 15 is 0 Å². The first-order valence-electron chi connectivity index (χ1n) is 7.18. The van der Waals surface area contributed by atoms with Crippen molar-refractivity contribution in [3.8, 4) is 11.5 Å². The first kappa shape index (κ1) is 16.2. The van der Waals surface area contributed by atoms with Crippen molar-refractivity contribution in [1.82, 2.24) is 19.7 Å². The Labute approximate surface area is 141 Å². The SMILES string of the molecule is Cc1cc(-c2nc(C(=O)Nc3cn(C)nc3C(N)=O)co2)cc(N)n1. The fourth-order valence-electron chi connectivity index (χ4n) is 2.28. The summed E-state index contributed by atoms with van der Waals surface area (Å²) in [5.74, 6) is -0.770. The van der Waals surface area contributed by atoms with Crippen molar-refractivity contribution in [3.05, 3.63) is 41.7 Å². The first-order valence-corrected chi connectivity index (χ1v) is 7.18. The summed E-state index contributed by atoms with van der Waals surface area (Å²) >= 11 is 0. The Morgan fingerprint density at radius 1 is 1.28 bits per heavy atom. The van der Waals surface area contributed by atoms with Crippen LogP contribution in [0.1, 0.15) is 26.7 Å². The number of pyridine rings is 1. The number of hydrogen-bond acceptors (Lipinski definition) is 7. The number of aromatic nitrogens is 4. The van der Waals surface area contributed by atoms with Crippen LogP contribution in [0.5, 0.6) is 0 Å². The van der Waals surface area contributed by atoms with Gasteiger partial charge in [-0.25, -0.2) is 9.97 Å². The average Bonchev–Trinajstić information content (AvgIpc) is 3.13. The van der Waals surface area contributed by atoms with Crippen LogP contribution in [-0.2, 0) is 7.05 Å². The molecule has 10 heteroatoms. The summed E-state index contributed by atoms with van der Waals surface area (Å²) < 4.78 is 6.70. The highest BCUT2D eigenvalue weighted by atomic mass is 16.3. The third-order valence-corrected chi connectivity index (χ3v) is 3.27. The largest absolute Gasteiger partial charge is 0.444 e. The van der Waals surface area contributed by atoms with Crippen molar-refractivity contribution in [2.24, 2.45) is 12.8 Å². The predicted octanol–water partition coefficient (Wildman–Crippen LogP) is 0.712. The highest BCUT2D eigenvalue weighted by Crippen LogP contribution is 2.22. The van der Waals surface area contributed by atoms with Crippen LogP contribution in [0.15, 0.2) is 29.0 Å². The molecule has 0 spiro atoms. The number of carbonyl (C=O) groups is 2. The molecule has 0 aromatic carbocycles. The van der Waals surface area contributed by atoms with Gasteiger partial charge >= 0.3 is 0 Å². The van der Waals surface area contributed by atoms with Crippen LogP contribution in [0.4, 0.5) is 11.5 Å². The lowest BCUT2D eigenvalue weighted by atomic mass is 10.2. The minimum atomic E-state index is -0.750. The summed E-state index contributed by atoms with van der Waals surface area (Å²) in [6.45, 7) is 1.78. The van der Waals surface area contributed by atoms with E-state index in [4.69, 9.17) is 15.9 Å². The molecule has 5 N–H and O–H groups in total. The van der Waals surface area contributed by atoms with Gasteiger partial charge in [0.2, 0.25) is 5.89 Å². The number of oxazole rings is 1. The minimum Gasteiger partial charge on any atom is -0.444 e. The third-order valence-electron chi connectivity index (χ3n) is 3.27. The van der Waals surface area contributed by atoms with Crippen molar-refractivity contribution in [1.29, 1.82) is 0 Å². The molecule has 10 nitrogen and oxygen atoms in total. The fourth-order valence-corrected chi connectivity index (χ4v) is 2.28. The third kappa shape index (κ3) is 3.32. The van der Waals surface area contributed by atoms with Gasteiger partial charge in [0.1, 0.15) is 12.1 Å². The molecule has 0 saturated heterocycles. The van der Waals surface area contributed by atoms with E-state index in [2.05, 4.69) is 20.4 Å². The lowest BCUT2D eigenvalue weighted by molar-refractivity contribution is 0.0995. The van der Waals surface area contributed by atoms with Crippen LogP contribution in [-0.4, -0.2) is 31.6 Å². The summed E-state index contributed by atoms with van der Waals surface area (Å²) in [6.07, 6.45) is 2.67. The number of rotatable bonds is 4. The lowest BCUT2D eigenvalue weighted by Gasteiger charge is -2.01. The molecule has 3 aromatic heterocycles. The van der Waals surface area contributed by atoms with E-state index in [9.17, 15) is 9.59 Å². The molecule has 3 heterocycles. The lowest BCUT2D eigenvalue weighted by Crippen LogP contribution is -2.18. The molecule has 0 bridgehead atoms. The highest BCUT2D eigenvalue weighted by molar-refractivity contribution is 6.07. The summed E-state index contributed by atoms with van der Waals surface area (Å²) in [4.78, 5) is 31.9. The van der Waals surface area contributed by atoms with Crippen LogP contribution in [0, 0.1) is 6.92 Å². The molecular formula is C15H15N7O3. The fraction of sp³-hybridized carbons (Fsp3) is 0.133. The van der Waals surface area contributed by atoms with Crippen molar-refractivity contribution in [2.75, 3.05) is 11.1 Å². The Hall–Kier alpha value is -3.69. The van der Waals surface area contributed by atoms with E-state index in [1.54, 1.807) is 26.1 Å². The monoisotopic (exact) mass is 341 g/mol. The number of amides is 2. The van der Waals surface area contributed by atoms with Crippen molar-refractivity contribution in [2.45, 2.75) is 6.92 Å². The maximum Gasteiger partial charge on any atom is 0.277 e. The van der Waals surface area contributed by atoms with Gasteiger partial charge in [-0.1, -0.05) is 0 Å². The molecule has 3 rings (SSSR count). The van der Waals surface area contributed by atoms with Crippen LogP contribution < -0.4 is 16.8 Å². The molecule has 0 aliphatic rings. The number of nitrogens with one attached hydrogen (secondary N) is 1. The van der Waals surface area contributed by atoms with Gasteiger partial charge in [0.15, 0.2) is 11.4 Å². The summed E-state index contributed by atoms with van der Waals surface area (Å²) in [5, 5.41) is 6.43. The van der Waals surface area contributed by atoms with Gasteiger partial charge in [-0.3, -0.25) is 14.3 Å². The normalized spacial score (nSPS) is 10.6. The molecule has 0 aliphatic heterocycles. The van der Waals surface area contributed by atoms with Gasteiger partial charge in [-0.05, 0) is 19.1 Å². The van der Waals surface area contributed by atoms with Crippen LogP contribution in [0.2, 0.25) is 0 Å². The van der Waals surface area contributed by atoms with Gasteiger partial charge < -0.3 is 21.2 Å². The smallest absolute Gasteiger partial charge is 0.277 e. The van der Waals surface area contributed by atoms with Crippen molar-refractivity contribution >= 4 is 23.3 Å². The van der Waals surface area contributed by atoms with Crippen molar-refractivity contribution < 1.29 is 14.0 Å². The maximum atomic E-state index is 12.3. The highest BCUT2D eigenvalue weighted by Gasteiger charge is 2.19. The second kappa shape index (κ2) is 6.07. The molecule has 0 radical (unpaired) electrons. The van der Waals surface area contributed by atoms with Crippen LogP contribution >= 0.6 is 0 Å². The maximum absolute atomic E-state index is 12.3. The van der Waals surface area contributed by atoms with E-state index in [0.29, 0.717) is 17.1 Å². The van der Waals surface area contributed by atoms with Crippen molar-refractivity contribution in [3.63, 3.8) is 0 Å². The molecule has 2 amide bonds. The van der Waals surface area contributed by atoms with E-state index in [1.807, 2.05) is 0 Å². The molecule has 0 unspecified atom stereocenters. The van der Waals surface area contributed by atoms with Gasteiger partial charge in [0, 0.05) is 24.5 Å². The zero-order chi connectivity index (χ0) is 18.1. The summed E-state index contributed by atoms with van der Waals surface area (Å²) in [5.41, 5.74) is 12.4. The molecule has 0 aliphatic carbocycles. The van der Waals surface area contributed by atoms with E-state index in [0.717, 1.165) is 0 Å². The summed E-state index contributed by atoms with van der Waals surface area (Å²) in [7, 11) is 1.60. The Morgan fingerprint density at radius 3 is 2.72 bits per heavy atom. The quantitative estimate of drug-likeness (QED) is 0.631. The van der Waals surface area contributed by atoms with E-state index < -0.39 is 11.8 Å². The van der Waals surface area contributed by atoms with Gasteiger partial charge in [-0.15, -0.1) is 0 Å². The van der Waals surface area contributed by atoms with Gasteiger partial charge in [0.05, 0.1) is 5.69 Å². The molecule has 0 fully saturated rings. The van der Waals surface area contributed by atoms with E-state index in [1.165, 1.54) is 17.1 Å². The Kier molecular flexibility index (Phi) is 3.93. The molecule has 128 valence electrons. The topological polar surface area (TPSA) is 155 Å². The number of carbonyl (C=O) groups excluding carboxylic acids is 2. The second-order valence-electron chi connectivity index (χ2n) is 5.34. The first-order chi connectivity index (χ1) is 11.8. The number of nitrogens with zero attached hydrogens (tertiary/aromatic N) is 4. The number of aryl methyl sites for hydroxylation is 2. The Bertz CT molecular complexity index is 953. The Morgan fingerprint density at radius 2 is 2.04 bits per heavy atom. The van der Waals surface area contributed by atoms with Crippen LogP contribution in [0.25, 0.3) is 11.5 Å². The number of nitrogens with two attached hydrogens (primary N) is 2. The standard InChI is InChI=1S/C15H15N7O3/c1-7-3-8(4-11(16)18-7)15-20-10(6-25-15)14(24)19-9-5-22(2)21-12(9)13(17)23/h3-6H,1-2H3,(H2,16,18)(H2,17,23)(H,19,24). The minimum absolute atomic E-state index is 0.0299. The molecule has 0 saturated carbocycles. The zero-order valence-corrected chi connectivity index (χ0v) is 13.5. The number of anilines is 2. The summed E-state index contributed by atoms with van der Waals surface area (Å²) in [6, 6.07) is 3.32. The van der Waals surface area contributed by atoms with E-state index in [-0.39, 0.29) is 23.0 Å². The molecular weight excluding hydrogens is 326 g/mol. The molecule has 3 aromatic rings. The zero-order valence-electron chi connectivity index (χ0n) is 13.5. The van der Waals surface area contributed by atoms with Crippen LogP contribution in [0.3, 0.4) is 0 Å². The van der Waals surface area contributed by atoms with Gasteiger partial charge in [0.25, 0.3) is 11.8 Å². The average molecular weight is 341 g/mol. The number of primary amides is 1. The predicted molar refractivity (Wildman–Crippen MR) is 88.6 cm³/mol. The number of hydrogen-bond donors (Lipinski definition) is 3.